The fourth-order valence-electron chi connectivity index (χ4n) is 2.06. The van der Waals surface area contributed by atoms with Gasteiger partial charge in [-0.25, -0.2) is 5.43 Å². The molecule has 1 N–H and O–H groups in total. The molecule has 21 heavy (non-hydrogen) atoms. The summed E-state index contributed by atoms with van der Waals surface area (Å²) in [7, 11) is 0. The van der Waals surface area contributed by atoms with E-state index in [1.54, 1.807) is 6.21 Å². The first-order chi connectivity index (χ1) is 10.2. The normalized spacial score (nSPS) is 12.3. The van der Waals surface area contributed by atoms with Crippen molar-refractivity contribution in [3.8, 4) is 0 Å². The molecule has 0 unspecified atom stereocenters. The molecule has 1 amide bonds. The molecule has 0 aliphatic rings. The summed E-state index contributed by atoms with van der Waals surface area (Å²) in [6.07, 6.45) is 2.38. The molecule has 0 aromatic heterocycles. The van der Waals surface area contributed by atoms with Crippen LogP contribution in [0.2, 0.25) is 0 Å². The Hall–Kier alpha value is -1.94. The standard InChI is InChI=1S/C17H17BrN2O/c1-2-16(14-6-4-3-5-7-14)17(21)20-19-12-13-8-10-15(18)11-9-13/h3-12,16H,2H2,1H3,(H,20,21)/t16-/m0/s1. The van der Waals surface area contributed by atoms with Gasteiger partial charge in [0.25, 0.3) is 0 Å². The van der Waals surface area contributed by atoms with E-state index in [4.69, 9.17) is 0 Å². The first kappa shape index (κ1) is 15.4. The fourth-order valence-corrected chi connectivity index (χ4v) is 2.32. The minimum atomic E-state index is -0.173. The zero-order chi connectivity index (χ0) is 15.1. The van der Waals surface area contributed by atoms with Gasteiger partial charge in [-0.3, -0.25) is 4.79 Å². The van der Waals surface area contributed by atoms with Crippen LogP contribution in [0.5, 0.6) is 0 Å². The van der Waals surface area contributed by atoms with Gasteiger partial charge >= 0.3 is 0 Å². The van der Waals surface area contributed by atoms with Gasteiger partial charge < -0.3 is 0 Å². The predicted molar refractivity (Wildman–Crippen MR) is 89.4 cm³/mol. The Bertz CT molecular complexity index is 608. The second-order valence-electron chi connectivity index (χ2n) is 4.66. The summed E-state index contributed by atoms with van der Waals surface area (Å²) in [5.41, 5.74) is 4.56. The number of hydrazone groups is 1. The maximum Gasteiger partial charge on any atom is 0.247 e. The number of nitrogens with zero attached hydrogens (tertiary/aromatic N) is 1. The lowest BCUT2D eigenvalue weighted by Crippen LogP contribution is -2.25. The van der Waals surface area contributed by atoms with Crippen molar-refractivity contribution in [2.75, 3.05) is 0 Å². The van der Waals surface area contributed by atoms with Crippen LogP contribution >= 0.6 is 15.9 Å². The first-order valence-electron chi connectivity index (χ1n) is 6.84. The van der Waals surface area contributed by atoms with Crippen molar-refractivity contribution in [1.29, 1.82) is 0 Å². The number of nitrogens with one attached hydrogen (secondary N) is 1. The Morgan fingerprint density at radius 3 is 2.48 bits per heavy atom. The highest BCUT2D eigenvalue weighted by molar-refractivity contribution is 9.10. The topological polar surface area (TPSA) is 41.5 Å². The molecule has 0 heterocycles. The summed E-state index contributed by atoms with van der Waals surface area (Å²) in [5, 5.41) is 4.03. The summed E-state index contributed by atoms with van der Waals surface area (Å²) in [6.45, 7) is 2.00. The second kappa shape index (κ2) is 7.74. The van der Waals surface area contributed by atoms with E-state index in [-0.39, 0.29) is 11.8 Å². The highest BCUT2D eigenvalue weighted by Crippen LogP contribution is 2.19. The molecule has 0 bridgehead atoms. The third-order valence-electron chi connectivity index (χ3n) is 3.19. The lowest BCUT2D eigenvalue weighted by molar-refractivity contribution is -0.122. The average Bonchev–Trinajstić information content (AvgIpc) is 2.51. The lowest BCUT2D eigenvalue weighted by atomic mass is 9.96. The van der Waals surface area contributed by atoms with Crippen LogP contribution in [0.3, 0.4) is 0 Å². The van der Waals surface area contributed by atoms with Crippen molar-refractivity contribution in [2.24, 2.45) is 5.10 Å². The van der Waals surface area contributed by atoms with E-state index in [1.807, 2.05) is 61.5 Å². The van der Waals surface area contributed by atoms with Crippen LogP contribution in [0.25, 0.3) is 0 Å². The van der Waals surface area contributed by atoms with Crippen molar-refractivity contribution in [3.05, 3.63) is 70.2 Å². The van der Waals surface area contributed by atoms with E-state index in [0.29, 0.717) is 0 Å². The van der Waals surface area contributed by atoms with Crippen LogP contribution in [0, 0.1) is 0 Å². The van der Waals surface area contributed by atoms with Gasteiger partial charge in [0.05, 0.1) is 12.1 Å². The van der Waals surface area contributed by atoms with E-state index in [2.05, 4.69) is 26.5 Å². The Balaban J connectivity index is 1.98. The minimum Gasteiger partial charge on any atom is -0.272 e. The highest BCUT2D eigenvalue weighted by Gasteiger charge is 2.17. The van der Waals surface area contributed by atoms with Crippen LogP contribution in [-0.4, -0.2) is 12.1 Å². The van der Waals surface area contributed by atoms with Gasteiger partial charge in [-0.1, -0.05) is 65.3 Å². The van der Waals surface area contributed by atoms with Crippen molar-refractivity contribution >= 4 is 28.1 Å². The summed E-state index contributed by atoms with van der Waals surface area (Å²) in [6, 6.07) is 17.5. The van der Waals surface area contributed by atoms with Crippen LogP contribution < -0.4 is 5.43 Å². The molecule has 0 fully saturated rings. The summed E-state index contributed by atoms with van der Waals surface area (Å²) in [4.78, 5) is 12.2. The molecule has 4 heteroatoms. The molecule has 108 valence electrons. The van der Waals surface area contributed by atoms with Gasteiger partial charge in [-0.15, -0.1) is 0 Å². The average molecular weight is 345 g/mol. The van der Waals surface area contributed by atoms with E-state index >= 15 is 0 Å². The maximum absolute atomic E-state index is 12.2. The monoisotopic (exact) mass is 344 g/mol. The van der Waals surface area contributed by atoms with Gasteiger partial charge in [0.15, 0.2) is 0 Å². The smallest absolute Gasteiger partial charge is 0.247 e. The Morgan fingerprint density at radius 2 is 1.86 bits per heavy atom. The van der Waals surface area contributed by atoms with Gasteiger partial charge in [0, 0.05) is 4.47 Å². The van der Waals surface area contributed by atoms with Gasteiger partial charge in [-0.05, 0) is 29.7 Å². The Morgan fingerprint density at radius 1 is 1.19 bits per heavy atom. The Labute approximate surface area is 133 Å². The lowest BCUT2D eigenvalue weighted by Gasteiger charge is -2.12. The van der Waals surface area contributed by atoms with Crippen molar-refractivity contribution in [3.63, 3.8) is 0 Å². The van der Waals surface area contributed by atoms with Crippen LogP contribution in [0.4, 0.5) is 0 Å². The predicted octanol–water partition coefficient (Wildman–Crippen LogP) is 4.09. The molecule has 3 nitrogen and oxygen atoms in total. The maximum atomic E-state index is 12.2. The second-order valence-corrected chi connectivity index (χ2v) is 5.57. The number of rotatable bonds is 5. The molecular formula is C17H17BrN2O. The molecule has 0 spiro atoms. The van der Waals surface area contributed by atoms with E-state index in [9.17, 15) is 4.79 Å². The number of hydrogen-bond acceptors (Lipinski definition) is 2. The molecule has 2 rings (SSSR count). The van der Waals surface area contributed by atoms with E-state index < -0.39 is 0 Å². The minimum absolute atomic E-state index is 0.0861. The van der Waals surface area contributed by atoms with Crippen molar-refractivity contribution in [1.82, 2.24) is 5.43 Å². The first-order valence-corrected chi connectivity index (χ1v) is 7.63. The molecular weight excluding hydrogens is 328 g/mol. The number of hydrogen-bond donors (Lipinski definition) is 1. The SMILES string of the molecule is CC[C@H](C(=O)NN=Cc1ccc(Br)cc1)c1ccccc1. The number of amides is 1. The van der Waals surface area contributed by atoms with Crippen molar-refractivity contribution < 1.29 is 4.79 Å². The van der Waals surface area contributed by atoms with Crippen LogP contribution in [-0.2, 0) is 4.79 Å². The third kappa shape index (κ3) is 4.53. The summed E-state index contributed by atoms with van der Waals surface area (Å²) < 4.78 is 1.01. The van der Waals surface area contributed by atoms with E-state index in [0.717, 1.165) is 22.0 Å². The highest BCUT2D eigenvalue weighted by atomic mass is 79.9. The third-order valence-corrected chi connectivity index (χ3v) is 3.71. The van der Waals surface area contributed by atoms with Gasteiger partial charge in [0.2, 0.25) is 5.91 Å². The fraction of sp³-hybridized carbons (Fsp3) is 0.176. The Kier molecular flexibility index (Phi) is 5.69. The number of halogens is 1. The van der Waals surface area contributed by atoms with Crippen molar-refractivity contribution in [2.45, 2.75) is 19.3 Å². The molecule has 2 aromatic carbocycles. The summed E-state index contributed by atoms with van der Waals surface area (Å²) in [5.74, 6) is -0.259. The summed E-state index contributed by atoms with van der Waals surface area (Å²) >= 11 is 3.38. The number of benzene rings is 2. The van der Waals surface area contributed by atoms with E-state index in [1.165, 1.54) is 0 Å². The molecule has 0 aliphatic heterocycles. The zero-order valence-corrected chi connectivity index (χ0v) is 13.4. The number of carbonyl (C=O) groups is 1. The van der Waals surface area contributed by atoms with Gasteiger partial charge in [-0.2, -0.15) is 5.10 Å². The molecule has 0 saturated heterocycles. The molecule has 0 radical (unpaired) electrons. The quantitative estimate of drug-likeness (QED) is 0.644. The van der Waals surface area contributed by atoms with Crippen LogP contribution in [0.15, 0.2) is 64.2 Å². The van der Waals surface area contributed by atoms with Gasteiger partial charge in [0.1, 0.15) is 0 Å². The largest absolute Gasteiger partial charge is 0.272 e. The zero-order valence-electron chi connectivity index (χ0n) is 11.8. The molecule has 0 aliphatic carbocycles. The molecule has 2 aromatic rings. The molecule has 0 saturated carbocycles. The molecule has 1 atom stereocenters. The number of carbonyl (C=O) groups excluding carboxylic acids is 1. The van der Waals surface area contributed by atoms with Crippen LogP contribution in [0.1, 0.15) is 30.4 Å².